The van der Waals surface area contributed by atoms with Gasteiger partial charge in [-0.25, -0.2) is 4.98 Å². The smallest absolute Gasteiger partial charge is 0.259 e. The monoisotopic (exact) mass is 495 g/mol. The molecule has 0 spiro atoms. The van der Waals surface area contributed by atoms with E-state index in [1.165, 1.54) is 55.1 Å². The quantitative estimate of drug-likeness (QED) is 0.326. The molecule has 0 saturated heterocycles. The lowest BCUT2D eigenvalue weighted by molar-refractivity contribution is 0.102. The summed E-state index contributed by atoms with van der Waals surface area (Å²) in [5.41, 5.74) is 0.710. The highest BCUT2D eigenvalue weighted by molar-refractivity contribution is 6.32. The minimum Gasteiger partial charge on any atom is -0.506 e. The van der Waals surface area contributed by atoms with E-state index in [0.29, 0.717) is 16.1 Å². The number of amides is 2. The van der Waals surface area contributed by atoms with Gasteiger partial charge in [0.1, 0.15) is 17.8 Å². The second-order valence-electron chi connectivity index (χ2n) is 7.03. The summed E-state index contributed by atoms with van der Waals surface area (Å²) in [4.78, 5) is 41.6. The lowest BCUT2D eigenvalue weighted by Gasteiger charge is -2.14. The molecule has 0 fully saturated rings. The average Bonchev–Trinajstić information content (AvgIpc) is 2.82. The Kier molecular flexibility index (Phi) is 6.62. The third-order valence-electron chi connectivity index (χ3n) is 4.74. The van der Waals surface area contributed by atoms with Crippen molar-refractivity contribution in [1.82, 2.24) is 4.98 Å². The Hall–Kier alpha value is -4.14. The Morgan fingerprint density at radius 2 is 1.68 bits per heavy atom. The summed E-state index contributed by atoms with van der Waals surface area (Å²) in [6.45, 7) is 0. The first kappa shape index (κ1) is 23.0. The normalized spacial score (nSPS) is 10.5. The van der Waals surface area contributed by atoms with Crippen LogP contribution in [0.25, 0.3) is 11.1 Å². The number of pyridine rings is 1. The molecule has 10 heteroatoms. The fourth-order valence-electron chi connectivity index (χ4n) is 3.09. The average molecular weight is 496 g/mol. The molecule has 34 heavy (non-hydrogen) atoms. The van der Waals surface area contributed by atoms with Gasteiger partial charge < -0.3 is 20.2 Å². The fourth-order valence-corrected chi connectivity index (χ4v) is 3.41. The summed E-state index contributed by atoms with van der Waals surface area (Å²) in [6.07, 6.45) is 3.96. The Bertz CT molecular complexity index is 1430. The van der Waals surface area contributed by atoms with Crippen molar-refractivity contribution in [2.45, 2.75) is 0 Å². The largest absolute Gasteiger partial charge is 0.506 e. The number of anilines is 2. The number of phenols is 1. The number of hydrogen-bond acceptors (Lipinski definition) is 6. The molecule has 2 amide bonds. The molecule has 170 valence electrons. The number of phenolic OH excluding ortho intramolecular Hbond substituents is 1. The van der Waals surface area contributed by atoms with Gasteiger partial charge in [0.05, 0.1) is 28.1 Å². The lowest BCUT2D eigenvalue weighted by atomic mass is 10.0. The fraction of sp³-hybridized carbons (Fsp3) is 0. The highest BCUT2D eigenvalue weighted by Gasteiger charge is 2.20. The highest BCUT2D eigenvalue weighted by Crippen LogP contribution is 2.32. The number of nitrogens with zero attached hydrogens (tertiary/aromatic N) is 1. The number of carbonyl (C=O) groups is 2. The van der Waals surface area contributed by atoms with E-state index in [1.54, 1.807) is 18.2 Å². The van der Waals surface area contributed by atoms with E-state index in [0.717, 1.165) is 0 Å². The molecule has 0 bridgehead atoms. The van der Waals surface area contributed by atoms with Gasteiger partial charge in [-0.15, -0.1) is 0 Å². The molecule has 2 aromatic heterocycles. The van der Waals surface area contributed by atoms with Crippen LogP contribution < -0.4 is 16.1 Å². The van der Waals surface area contributed by atoms with Gasteiger partial charge in [0.2, 0.25) is 0 Å². The van der Waals surface area contributed by atoms with Gasteiger partial charge >= 0.3 is 0 Å². The molecule has 2 heterocycles. The molecule has 3 N–H and O–H groups in total. The van der Waals surface area contributed by atoms with Crippen LogP contribution in [-0.2, 0) is 0 Å². The van der Waals surface area contributed by atoms with Gasteiger partial charge in [-0.05, 0) is 35.9 Å². The van der Waals surface area contributed by atoms with Crippen molar-refractivity contribution in [3.63, 3.8) is 0 Å². The van der Waals surface area contributed by atoms with E-state index in [1.807, 2.05) is 0 Å². The summed E-state index contributed by atoms with van der Waals surface area (Å²) in [5.74, 6) is -1.43. The zero-order chi connectivity index (χ0) is 24.2. The molecule has 2 aromatic carbocycles. The van der Waals surface area contributed by atoms with Crippen LogP contribution >= 0.6 is 23.2 Å². The molecular weight excluding hydrogens is 481 g/mol. The van der Waals surface area contributed by atoms with Crippen LogP contribution in [0.5, 0.6) is 5.75 Å². The number of aromatic nitrogens is 1. The maximum Gasteiger partial charge on any atom is 0.259 e. The zero-order valence-electron chi connectivity index (χ0n) is 17.2. The van der Waals surface area contributed by atoms with E-state index in [9.17, 15) is 19.5 Å². The number of benzene rings is 2. The van der Waals surface area contributed by atoms with Gasteiger partial charge in [0, 0.05) is 28.9 Å². The third kappa shape index (κ3) is 5.09. The van der Waals surface area contributed by atoms with Crippen molar-refractivity contribution >= 4 is 46.5 Å². The van der Waals surface area contributed by atoms with Crippen molar-refractivity contribution in [2.24, 2.45) is 0 Å². The molecule has 0 aliphatic rings. The predicted octanol–water partition coefficient (Wildman–Crippen LogP) is 5.22. The topological polar surface area (TPSA) is 122 Å². The van der Waals surface area contributed by atoms with Crippen LogP contribution in [-0.4, -0.2) is 21.9 Å². The molecule has 8 nitrogen and oxygen atoms in total. The van der Waals surface area contributed by atoms with E-state index >= 15 is 0 Å². The molecule has 0 atom stereocenters. The molecule has 4 rings (SSSR count). The van der Waals surface area contributed by atoms with Crippen LogP contribution in [0.3, 0.4) is 0 Å². The number of halogens is 2. The maximum atomic E-state index is 12.8. The standard InChI is InChI=1S/C24H15Cl2N3O5/c25-15-5-6-21(27-11-15)28-24(33)17-9-16(26)10-20(31)22(17)29-23(32)14-3-1-13(2-4-14)18-12-34-8-7-19(18)30/h1-12,31H,(H,29,32)(H,27,28,33). The van der Waals surface area contributed by atoms with Crippen LogP contribution in [0.4, 0.5) is 11.5 Å². The van der Waals surface area contributed by atoms with Crippen molar-refractivity contribution < 1.29 is 19.1 Å². The number of rotatable bonds is 5. The van der Waals surface area contributed by atoms with Gasteiger partial charge in [-0.3, -0.25) is 14.4 Å². The molecule has 0 radical (unpaired) electrons. The van der Waals surface area contributed by atoms with Crippen molar-refractivity contribution in [3.8, 4) is 16.9 Å². The van der Waals surface area contributed by atoms with Gasteiger partial charge in [0.25, 0.3) is 11.8 Å². The number of hydrogen-bond donors (Lipinski definition) is 3. The summed E-state index contributed by atoms with van der Waals surface area (Å²) in [6, 6.07) is 13.0. The van der Waals surface area contributed by atoms with E-state index in [4.69, 9.17) is 27.6 Å². The molecule has 0 unspecified atom stereocenters. The molecule has 0 aliphatic heterocycles. The lowest BCUT2D eigenvalue weighted by Crippen LogP contribution is -2.19. The Balaban J connectivity index is 1.59. The van der Waals surface area contributed by atoms with Crippen molar-refractivity contribution in [1.29, 1.82) is 0 Å². The van der Waals surface area contributed by atoms with Gasteiger partial charge in [0.15, 0.2) is 5.43 Å². The first-order valence-electron chi connectivity index (χ1n) is 9.75. The number of carbonyl (C=O) groups excluding carboxylic acids is 2. The van der Waals surface area contributed by atoms with Gasteiger partial charge in [-0.1, -0.05) is 35.3 Å². The first-order valence-corrected chi connectivity index (χ1v) is 10.5. The van der Waals surface area contributed by atoms with Crippen LogP contribution in [0.1, 0.15) is 20.7 Å². The van der Waals surface area contributed by atoms with E-state index < -0.39 is 17.6 Å². The zero-order valence-corrected chi connectivity index (χ0v) is 18.7. The Labute approximate surface area is 202 Å². The summed E-state index contributed by atoms with van der Waals surface area (Å²) in [7, 11) is 0. The van der Waals surface area contributed by atoms with Crippen LogP contribution in [0.15, 0.2) is 82.5 Å². The minimum atomic E-state index is -0.658. The molecule has 0 aliphatic carbocycles. The summed E-state index contributed by atoms with van der Waals surface area (Å²) < 4.78 is 5.04. The second-order valence-corrected chi connectivity index (χ2v) is 7.90. The number of nitrogens with one attached hydrogen (secondary N) is 2. The van der Waals surface area contributed by atoms with Crippen LogP contribution in [0, 0.1) is 0 Å². The molecular formula is C24H15Cl2N3O5. The molecule has 0 saturated carbocycles. The van der Waals surface area contributed by atoms with Crippen LogP contribution in [0.2, 0.25) is 10.0 Å². The highest BCUT2D eigenvalue weighted by atomic mass is 35.5. The second kappa shape index (κ2) is 9.78. The maximum absolute atomic E-state index is 12.8. The molecule has 4 aromatic rings. The Morgan fingerprint density at radius 1 is 0.912 bits per heavy atom. The Morgan fingerprint density at radius 3 is 2.35 bits per heavy atom. The van der Waals surface area contributed by atoms with Crippen molar-refractivity contribution in [2.75, 3.05) is 10.6 Å². The van der Waals surface area contributed by atoms with Crippen molar-refractivity contribution in [3.05, 3.63) is 105 Å². The predicted molar refractivity (Wildman–Crippen MR) is 129 cm³/mol. The SMILES string of the molecule is O=C(Nc1c(O)cc(Cl)cc1C(=O)Nc1ccc(Cl)cn1)c1ccc(-c2coccc2=O)cc1. The van der Waals surface area contributed by atoms with Gasteiger partial charge in [-0.2, -0.15) is 0 Å². The minimum absolute atomic E-state index is 0.0754. The number of aromatic hydroxyl groups is 1. The summed E-state index contributed by atoms with van der Waals surface area (Å²) in [5, 5.41) is 16.0. The third-order valence-corrected chi connectivity index (χ3v) is 5.18. The first-order chi connectivity index (χ1) is 16.3. The summed E-state index contributed by atoms with van der Waals surface area (Å²) >= 11 is 11.8. The van der Waals surface area contributed by atoms with E-state index in [2.05, 4.69) is 15.6 Å². The van der Waals surface area contributed by atoms with E-state index in [-0.39, 0.29) is 33.1 Å².